The molecule has 0 fully saturated rings. The van der Waals surface area contributed by atoms with Crippen molar-refractivity contribution in [2.24, 2.45) is 0 Å². The van der Waals surface area contributed by atoms with Crippen LogP contribution in [0.3, 0.4) is 0 Å². The number of carbonyl (C=O) groups is 1. The maximum Gasteiger partial charge on any atom is 0.258 e. The van der Waals surface area contributed by atoms with Gasteiger partial charge in [0.05, 0.1) is 5.56 Å². The summed E-state index contributed by atoms with van der Waals surface area (Å²) in [4.78, 5) is 14.6. The van der Waals surface area contributed by atoms with E-state index in [1.807, 2.05) is 0 Å². The molecule has 0 spiro atoms. The Bertz CT molecular complexity index is 646. The van der Waals surface area contributed by atoms with Crippen LogP contribution in [0.4, 0.5) is 23.2 Å². The molecular formula is C12H6F4N2O. The molecule has 0 radical (unpaired) electrons. The Morgan fingerprint density at radius 3 is 2.47 bits per heavy atom. The monoisotopic (exact) mass is 270 g/mol. The van der Waals surface area contributed by atoms with E-state index in [9.17, 15) is 22.4 Å². The highest BCUT2D eigenvalue weighted by Crippen LogP contribution is 2.15. The van der Waals surface area contributed by atoms with Gasteiger partial charge in [-0.25, -0.2) is 18.2 Å². The normalized spacial score (nSPS) is 10.3. The number of carbonyl (C=O) groups excluding carboxylic acids is 1. The van der Waals surface area contributed by atoms with Gasteiger partial charge in [-0.05, 0) is 18.2 Å². The molecule has 0 bridgehead atoms. The number of benzene rings is 1. The summed E-state index contributed by atoms with van der Waals surface area (Å²) in [5.41, 5.74) is -0.669. The molecule has 0 aliphatic heterocycles. The number of aromatic nitrogens is 1. The van der Waals surface area contributed by atoms with Crippen molar-refractivity contribution in [3.63, 3.8) is 0 Å². The average molecular weight is 270 g/mol. The van der Waals surface area contributed by atoms with Gasteiger partial charge in [-0.2, -0.15) is 4.39 Å². The Kier molecular flexibility index (Phi) is 3.46. The molecule has 1 amide bonds. The topological polar surface area (TPSA) is 42.0 Å². The molecule has 0 aliphatic rings. The van der Waals surface area contributed by atoms with E-state index in [1.54, 1.807) is 0 Å². The number of amides is 1. The maximum atomic E-state index is 13.3. The number of rotatable bonds is 2. The lowest BCUT2D eigenvalue weighted by atomic mass is 10.2. The van der Waals surface area contributed by atoms with Crippen molar-refractivity contribution < 1.29 is 22.4 Å². The molecular weight excluding hydrogens is 264 g/mol. The molecule has 3 nitrogen and oxygen atoms in total. The van der Waals surface area contributed by atoms with Crippen LogP contribution in [0.1, 0.15) is 10.4 Å². The van der Waals surface area contributed by atoms with E-state index in [2.05, 4.69) is 10.3 Å². The zero-order valence-corrected chi connectivity index (χ0v) is 9.25. The molecule has 0 aliphatic carbocycles. The summed E-state index contributed by atoms with van der Waals surface area (Å²) in [5.74, 6) is -6.08. The Balaban J connectivity index is 2.26. The highest BCUT2D eigenvalue weighted by Gasteiger charge is 2.16. The number of hydrogen-bond donors (Lipinski definition) is 1. The van der Waals surface area contributed by atoms with Gasteiger partial charge in [-0.15, -0.1) is 0 Å². The van der Waals surface area contributed by atoms with Gasteiger partial charge in [0.15, 0.2) is 17.5 Å². The summed E-state index contributed by atoms with van der Waals surface area (Å²) in [7, 11) is 0. The molecule has 1 aromatic carbocycles. The Hall–Kier alpha value is -2.44. The van der Waals surface area contributed by atoms with Crippen molar-refractivity contribution >= 4 is 11.6 Å². The Morgan fingerprint density at radius 1 is 1.05 bits per heavy atom. The maximum absolute atomic E-state index is 13.3. The van der Waals surface area contributed by atoms with Crippen LogP contribution in [-0.4, -0.2) is 10.9 Å². The van der Waals surface area contributed by atoms with Crippen LogP contribution >= 0.6 is 0 Å². The summed E-state index contributed by atoms with van der Waals surface area (Å²) in [5, 5.41) is 2.11. The molecule has 1 heterocycles. The summed E-state index contributed by atoms with van der Waals surface area (Å²) >= 11 is 0. The third kappa shape index (κ3) is 2.70. The van der Waals surface area contributed by atoms with E-state index in [-0.39, 0.29) is 5.69 Å². The van der Waals surface area contributed by atoms with E-state index in [4.69, 9.17) is 0 Å². The first-order valence-electron chi connectivity index (χ1n) is 5.05. The van der Waals surface area contributed by atoms with E-state index in [1.165, 1.54) is 0 Å². The molecule has 0 atom stereocenters. The van der Waals surface area contributed by atoms with Gasteiger partial charge in [-0.1, -0.05) is 0 Å². The van der Waals surface area contributed by atoms with Crippen molar-refractivity contribution in [1.29, 1.82) is 0 Å². The van der Waals surface area contributed by atoms with Crippen LogP contribution in [-0.2, 0) is 0 Å². The first-order valence-corrected chi connectivity index (χ1v) is 5.05. The number of anilines is 1. The van der Waals surface area contributed by atoms with E-state index < -0.39 is 34.9 Å². The van der Waals surface area contributed by atoms with Crippen molar-refractivity contribution in [2.45, 2.75) is 0 Å². The predicted molar refractivity (Wildman–Crippen MR) is 58.5 cm³/mol. The van der Waals surface area contributed by atoms with Crippen LogP contribution in [0.2, 0.25) is 0 Å². The fourth-order valence-corrected chi connectivity index (χ4v) is 1.37. The zero-order valence-electron chi connectivity index (χ0n) is 9.25. The SMILES string of the molecule is O=C(Nc1ccc(F)c(F)c1)c1ccnc(F)c1F. The lowest BCUT2D eigenvalue weighted by Crippen LogP contribution is -2.15. The van der Waals surface area contributed by atoms with Gasteiger partial charge in [0, 0.05) is 18.0 Å². The van der Waals surface area contributed by atoms with E-state index in [0.717, 1.165) is 30.5 Å². The summed E-state index contributed by atoms with van der Waals surface area (Å²) < 4.78 is 51.7. The lowest BCUT2D eigenvalue weighted by molar-refractivity contribution is 0.102. The third-order valence-electron chi connectivity index (χ3n) is 2.27. The summed E-state index contributed by atoms with van der Waals surface area (Å²) in [6.07, 6.45) is 0.915. The predicted octanol–water partition coefficient (Wildman–Crippen LogP) is 2.89. The van der Waals surface area contributed by atoms with Crippen molar-refractivity contribution in [3.8, 4) is 0 Å². The molecule has 98 valence electrons. The molecule has 0 saturated carbocycles. The van der Waals surface area contributed by atoms with Gasteiger partial charge in [0.1, 0.15) is 0 Å². The van der Waals surface area contributed by atoms with Crippen LogP contribution in [0.5, 0.6) is 0 Å². The fourth-order valence-electron chi connectivity index (χ4n) is 1.37. The third-order valence-corrected chi connectivity index (χ3v) is 2.27. The second kappa shape index (κ2) is 5.05. The quantitative estimate of drug-likeness (QED) is 0.673. The van der Waals surface area contributed by atoms with Gasteiger partial charge in [0.25, 0.3) is 5.91 Å². The molecule has 1 N–H and O–H groups in total. The molecule has 0 saturated heterocycles. The summed E-state index contributed by atoms with van der Waals surface area (Å²) in [6.45, 7) is 0. The first-order chi connectivity index (χ1) is 8.99. The number of hydrogen-bond acceptors (Lipinski definition) is 2. The van der Waals surface area contributed by atoms with Gasteiger partial charge in [0.2, 0.25) is 5.95 Å². The minimum atomic E-state index is -1.42. The van der Waals surface area contributed by atoms with Crippen molar-refractivity contribution in [1.82, 2.24) is 4.98 Å². The number of halogens is 4. The molecule has 19 heavy (non-hydrogen) atoms. The smallest absolute Gasteiger partial charge is 0.258 e. The highest BCUT2D eigenvalue weighted by molar-refractivity contribution is 6.04. The molecule has 7 heteroatoms. The van der Waals surface area contributed by atoms with Gasteiger partial charge < -0.3 is 5.32 Å². The molecule has 2 rings (SSSR count). The van der Waals surface area contributed by atoms with Gasteiger partial charge in [-0.3, -0.25) is 4.79 Å². The number of pyridine rings is 1. The van der Waals surface area contributed by atoms with Gasteiger partial charge >= 0.3 is 0 Å². The number of nitrogens with one attached hydrogen (secondary N) is 1. The molecule has 2 aromatic rings. The van der Waals surface area contributed by atoms with Crippen LogP contribution in [0.15, 0.2) is 30.5 Å². The van der Waals surface area contributed by atoms with E-state index >= 15 is 0 Å². The largest absolute Gasteiger partial charge is 0.322 e. The van der Waals surface area contributed by atoms with Crippen LogP contribution in [0, 0.1) is 23.4 Å². The second-order valence-electron chi connectivity index (χ2n) is 3.55. The Labute approximate surface area is 104 Å². The number of nitrogens with zero attached hydrogens (tertiary/aromatic N) is 1. The standard InChI is InChI=1S/C12H6F4N2O/c13-8-2-1-6(5-9(8)14)18-12(19)7-3-4-17-11(16)10(7)15/h1-5H,(H,18,19). The zero-order chi connectivity index (χ0) is 14.0. The van der Waals surface area contributed by atoms with Crippen LogP contribution in [0.25, 0.3) is 0 Å². The molecule has 1 aromatic heterocycles. The lowest BCUT2D eigenvalue weighted by Gasteiger charge is -2.06. The van der Waals surface area contributed by atoms with E-state index in [0.29, 0.717) is 0 Å². The minimum absolute atomic E-state index is 0.0829. The Morgan fingerprint density at radius 2 is 1.79 bits per heavy atom. The average Bonchev–Trinajstić information content (AvgIpc) is 2.37. The fraction of sp³-hybridized carbons (Fsp3) is 0. The summed E-state index contributed by atoms with van der Waals surface area (Å²) in [6, 6.07) is 3.58. The second-order valence-corrected chi connectivity index (χ2v) is 3.55. The first kappa shape index (κ1) is 13.0. The van der Waals surface area contributed by atoms with Crippen molar-refractivity contribution in [2.75, 3.05) is 5.32 Å². The highest BCUT2D eigenvalue weighted by atomic mass is 19.2. The van der Waals surface area contributed by atoms with Crippen LogP contribution < -0.4 is 5.32 Å². The minimum Gasteiger partial charge on any atom is -0.322 e. The van der Waals surface area contributed by atoms with Crippen molar-refractivity contribution in [3.05, 3.63) is 59.4 Å². The molecule has 0 unspecified atom stereocenters.